The minimum atomic E-state index is -0.551. The van der Waals surface area contributed by atoms with Crippen molar-refractivity contribution in [3.05, 3.63) is 23.3 Å². The zero-order chi connectivity index (χ0) is 23.0. The summed E-state index contributed by atoms with van der Waals surface area (Å²) in [5, 5.41) is 30.7. The summed E-state index contributed by atoms with van der Waals surface area (Å²) < 4.78 is 0. The van der Waals surface area contributed by atoms with Crippen LogP contribution in [-0.4, -0.2) is 33.1 Å². The van der Waals surface area contributed by atoms with Crippen molar-refractivity contribution in [2.45, 2.75) is 124 Å². The molecule has 3 saturated carbocycles. The van der Waals surface area contributed by atoms with E-state index in [-0.39, 0.29) is 5.41 Å². The summed E-state index contributed by atoms with van der Waals surface area (Å²) in [6.07, 6.45) is 14.5. The van der Waals surface area contributed by atoms with Crippen LogP contribution in [0.2, 0.25) is 0 Å². The predicted octanol–water partition coefficient (Wildman–Crippen LogP) is 6.17. The lowest BCUT2D eigenvalue weighted by Crippen LogP contribution is -2.40. The molecule has 3 heteroatoms. The Morgan fingerprint density at radius 3 is 2.52 bits per heavy atom. The van der Waals surface area contributed by atoms with Gasteiger partial charge in [-0.1, -0.05) is 63.8 Å². The maximum atomic E-state index is 10.5. The Balaban J connectivity index is 1.73. The van der Waals surface area contributed by atoms with Gasteiger partial charge in [0.25, 0.3) is 0 Å². The number of rotatable bonds is 6. The Kier molecular flexibility index (Phi) is 7.51. The van der Waals surface area contributed by atoms with Crippen LogP contribution < -0.4 is 0 Å². The lowest BCUT2D eigenvalue weighted by Gasteiger charge is -2.44. The van der Waals surface area contributed by atoms with E-state index in [9.17, 15) is 15.3 Å². The van der Waals surface area contributed by atoms with Gasteiger partial charge in [0.2, 0.25) is 0 Å². The van der Waals surface area contributed by atoms with Crippen LogP contribution in [0.3, 0.4) is 0 Å². The van der Waals surface area contributed by atoms with Crippen LogP contribution in [0, 0.1) is 28.6 Å². The first kappa shape index (κ1) is 25.0. The Morgan fingerprint density at radius 1 is 1.13 bits per heavy atom. The van der Waals surface area contributed by atoms with Crippen LogP contribution in [0.25, 0.3) is 0 Å². The predicted molar refractivity (Wildman–Crippen MR) is 129 cm³/mol. The summed E-state index contributed by atoms with van der Waals surface area (Å²) in [6, 6.07) is 0. The maximum absolute atomic E-state index is 10.5. The zero-order valence-electron chi connectivity index (χ0n) is 21.0. The Labute approximate surface area is 191 Å². The molecule has 3 rings (SSSR count). The first-order valence-electron chi connectivity index (χ1n) is 12.8. The molecule has 0 amide bonds. The minimum absolute atomic E-state index is 0.262. The smallest absolute Gasteiger partial charge is 0.0653 e. The average molecular weight is 433 g/mol. The summed E-state index contributed by atoms with van der Waals surface area (Å²) in [6.45, 7) is 13.0. The molecule has 3 fully saturated rings. The Hall–Kier alpha value is -0.640. The monoisotopic (exact) mass is 432 g/mol. The van der Waals surface area contributed by atoms with Gasteiger partial charge in [0.05, 0.1) is 17.8 Å². The molecule has 0 aliphatic heterocycles. The number of allylic oxidation sites excluding steroid dienone is 3. The molecule has 0 bridgehead atoms. The van der Waals surface area contributed by atoms with Crippen molar-refractivity contribution in [2.24, 2.45) is 28.6 Å². The molecule has 0 heterocycles. The highest BCUT2D eigenvalue weighted by Crippen LogP contribution is 2.60. The van der Waals surface area contributed by atoms with E-state index in [2.05, 4.69) is 39.8 Å². The standard InChI is InChI=1S/C28H48O3/c1-19(9-7-15-26(2,3)31)23-13-14-24-20(10-8-16-28(23,24)6)11-12-21-17-22(29)18-25(30)27(21,4)5/h11-12,19,22-25,29-31H,7-10,13-18H2,1-6H3/b20-11+,21-12-/t19-,22-,23-,24+,25+,28-/m1/s1. The number of hydrogen-bond donors (Lipinski definition) is 3. The van der Waals surface area contributed by atoms with Gasteiger partial charge >= 0.3 is 0 Å². The molecule has 31 heavy (non-hydrogen) atoms. The van der Waals surface area contributed by atoms with Crippen molar-refractivity contribution in [3.8, 4) is 0 Å². The van der Waals surface area contributed by atoms with E-state index >= 15 is 0 Å². The number of aliphatic hydroxyl groups excluding tert-OH is 2. The minimum Gasteiger partial charge on any atom is -0.393 e. The second-order valence-corrected chi connectivity index (χ2v) is 12.5. The van der Waals surface area contributed by atoms with Gasteiger partial charge in [0.1, 0.15) is 0 Å². The first-order chi connectivity index (χ1) is 14.3. The third kappa shape index (κ3) is 5.47. The van der Waals surface area contributed by atoms with Crippen LogP contribution in [0.15, 0.2) is 23.3 Å². The van der Waals surface area contributed by atoms with E-state index in [1.165, 1.54) is 44.1 Å². The van der Waals surface area contributed by atoms with Gasteiger partial charge in [0, 0.05) is 11.8 Å². The largest absolute Gasteiger partial charge is 0.393 e. The Bertz CT molecular complexity index is 683. The maximum Gasteiger partial charge on any atom is 0.0653 e. The van der Waals surface area contributed by atoms with Gasteiger partial charge < -0.3 is 15.3 Å². The van der Waals surface area contributed by atoms with Crippen molar-refractivity contribution in [1.82, 2.24) is 0 Å². The molecular formula is C28H48O3. The summed E-state index contributed by atoms with van der Waals surface area (Å²) in [5.74, 6) is 2.14. The topological polar surface area (TPSA) is 60.7 Å². The van der Waals surface area contributed by atoms with Crippen LogP contribution in [0.5, 0.6) is 0 Å². The SMILES string of the molecule is C[C@H](CCCC(C)(C)O)[C@H]1CC[C@H]2/C(=C/C=C3/C[C@@H](O)C[C@H](O)C3(C)C)CCC[C@]12C. The van der Waals surface area contributed by atoms with Gasteiger partial charge in [-0.3, -0.25) is 0 Å². The first-order valence-corrected chi connectivity index (χ1v) is 12.8. The van der Waals surface area contributed by atoms with Crippen molar-refractivity contribution >= 4 is 0 Å². The number of fused-ring (bicyclic) bond motifs is 1. The molecule has 0 aromatic rings. The summed E-state index contributed by atoms with van der Waals surface area (Å²) >= 11 is 0. The third-order valence-corrected chi connectivity index (χ3v) is 9.28. The molecule has 6 atom stereocenters. The van der Waals surface area contributed by atoms with Crippen molar-refractivity contribution in [3.63, 3.8) is 0 Å². The van der Waals surface area contributed by atoms with E-state index in [4.69, 9.17) is 0 Å². The zero-order valence-corrected chi connectivity index (χ0v) is 21.0. The quantitative estimate of drug-likeness (QED) is 0.470. The number of hydrogen-bond acceptors (Lipinski definition) is 3. The molecule has 3 nitrogen and oxygen atoms in total. The second-order valence-electron chi connectivity index (χ2n) is 12.5. The fraction of sp³-hybridized carbons (Fsp3) is 0.857. The van der Waals surface area contributed by atoms with Crippen LogP contribution >= 0.6 is 0 Å². The fourth-order valence-corrected chi connectivity index (χ4v) is 7.13. The molecule has 0 spiro atoms. The highest BCUT2D eigenvalue weighted by Gasteiger charge is 2.50. The average Bonchev–Trinajstić information content (AvgIpc) is 3.00. The van der Waals surface area contributed by atoms with Crippen molar-refractivity contribution in [1.29, 1.82) is 0 Å². The molecule has 0 saturated heterocycles. The third-order valence-electron chi connectivity index (χ3n) is 9.28. The van der Waals surface area contributed by atoms with E-state index in [1.54, 1.807) is 5.57 Å². The van der Waals surface area contributed by atoms with Gasteiger partial charge in [-0.05, 0) is 82.0 Å². The van der Waals surface area contributed by atoms with Gasteiger partial charge in [-0.15, -0.1) is 0 Å². The summed E-state index contributed by atoms with van der Waals surface area (Å²) in [7, 11) is 0. The van der Waals surface area contributed by atoms with Crippen molar-refractivity contribution in [2.75, 3.05) is 0 Å². The van der Waals surface area contributed by atoms with Crippen molar-refractivity contribution < 1.29 is 15.3 Å². The van der Waals surface area contributed by atoms with Gasteiger partial charge in [0.15, 0.2) is 0 Å². The number of aliphatic hydroxyl groups is 3. The molecule has 0 radical (unpaired) electrons. The lowest BCUT2D eigenvalue weighted by molar-refractivity contribution is -0.00660. The normalized spacial score (nSPS) is 39.6. The second kappa shape index (κ2) is 9.31. The highest BCUT2D eigenvalue weighted by molar-refractivity contribution is 5.29. The summed E-state index contributed by atoms with van der Waals surface area (Å²) in [5.41, 5.74) is 2.36. The molecule has 3 N–H and O–H groups in total. The summed E-state index contributed by atoms with van der Waals surface area (Å²) in [4.78, 5) is 0. The van der Waals surface area contributed by atoms with E-state index in [1.807, 2.05) is 13.8 Å². The van der Waals surface area contributed by atoms with Crippen LogP contribution in [-0.2, 0) is 0 Å². The molecule has 0 aromatic carbocycles. The highest BCUT2D eigenvalue weighted by atomic mass is 16.3. The molecule has 3 aliphatic rings. The lowest BCUT2D eigenvalue weighted by atomic mass is 9.60. The van der Waals surface area contributed by atoms with E-state index in [0.29, 0.717) is 30.1 Å². The molecule has 178 valence electrons. The van der Waals surface area contributed by atoms with E-state index in [0.717, 1.165) is 18.8 Å². The van der Waals surface area contributed by atoms with Crippen LogP contribution in [0.1, 0.15) is 106 Å². The van der Waals surface area contributed by atoms with Gasteiger partial charge in [-0.25, -0.2) is 0 Å². The van der Waals surface area contributed by atoms with Gasteiger partial charge in [-0.2, -0.15) is 0 Å². The van der Waals surface area contributed by atoms with Crippen LogP contribution in [0.4, 0.5) is 0 Å². The fourth-order valence-electron chi connectivity index (χ4n) is 7.13. The molecule has 0 unspecified atom stereocenters. The molecule has 3 aliphatic carbocycles. The Morgan fingerprint density at radius 2 is 1.84 bits per heavy atom. The molecular weight excluding hydrogens is 384 g/mol. The molecule has 0 aromatic heterocycles. The van der Waals surface area contributed by atoms with E-state index < -0.39 is 17.8 Å².